The van der Waals surface area contributed by atoms with Crippen molar-refractivity contribution in [3.63, 3.8) is 0 Å². The molecule has 3 rings (SSSR count). The van der Waals surface area contributed by atoms with Crippen LogP contribution in [0.3, 0.4) is 0 Å². The maximum absolute atomic E-state index is 12.7. The molecular formula is C22H26N2O5. The Morgan fingerprint density at radius 2 is 1.83 bits per heavy atom. The normalized spacial score (nSPS) is 16.2. The van der Waals surface area contributed by atoms with Gasteiger partial charge >= 0.3 is 0 Å². The van der Waals surface area contributed by atoms with E-state index in [9.17, 15) is 9.59 Å². The van der Waals surface area contributed by atoms with Crippen LogP contribution in [0.25, 0.3) is 0 Å². The molecule has 154 valence electrons. The second-order valence-corrected chi connectivity index (χ2v) is 6.91. The third-order valence-electron chi connectivity index (χ3n) is 4.86. The summed E-state index contributed by atoms with van der Waals surface area (Å²) in [5, 5.41) is 2.86. The SMILES string of the molecule is COc1ccc(CC(=O)Nc2ccc(C(=O)N3CCOCC3C)cc2)cc1OC. The Labute approximate surface area is 170 Å². The van der Waals surface area contributed by atoms with E-state index in [1.165, 1.54) is 0 Å². The number of nitrogens with one attached hydrogen (secondary N) is 1. The summed E-state index contributed by atoms with van der Waals surface area (Å²) in [5.41, 5.74) is 2.05. The first-order chi connectivity index (χ1) is 14.0. The zero-order chi connectivity index (χ0) is 20.8. The van der Waals surface area contributed by atoms with Gasteiger partial charge < -0.3 is 24.4 Å². The maximum atomic E-state index is 12.7. The van der Waals surface area contributed by atoms with Crippen LogP contribution in [0.1, 0.15) is 22.8 Å². The molecule has 29 heavy (non-hydrogen) atoms. The number of hydrogen-bond acceptors (Lipinski definition) is 5. The van der Waals surface area contributed by atoms with Gasteiger partial charge in [0.25, 0.3) is 5.91 Å². The molecule has 0 saturated carbocycles. The Morgan fingerprint density at radius 3 is 2.48 bits per heavy atom. The van der Waals surface area contributed by atoms with Crippen molar-refractivity contribution < 1.29 is 23.8 Å². The molecule has 1 aliphatic heterocycles. The number of carbonyl (C=O) groups excluding carboxylic acids is 2. The molecule has 7 heteroatoms. The summed E-state index contributed by atoms with van der Waals surface area (Å²) in [6, 6.07) is 12.4. The highest BCUT2D eigenvalue weighted by Crippen LogP contribution is 2.27. The van der Waals surface area contributed by atoms with Crippen molar-refractivity contribution in [1.82, 2.24) is 4.90 Å². The van der Waals surface area contributed by atoms with E-state index >= 15 is 0 Å². The molecule has 0 bridgehead atoms. The molecule has 1 heterocycles. The lowest BCUT2D eigenvalue weighted by Crippen LogP contribution is -2.47. The number of rotatable bonds is 6. The Bertz CT molecular complexity index is 866. The van der Waals surface area contributed by atoms with Gasteiger partial charge in [-0.25, -0.2) is 0 Å². The fourth-order valence-corrected chi connectivity index (χ4v) is 3.27. The number of amides is 2. The molecule has 7 nitrogen and oxygen atoms in total. The van der Waals surface area contributed by atoms with E-state index in [2.05, 4.69) is 5.32 Å². The van der Waals surface area contributed by atoms with Crippen LogP contribution in [0.2, 0.25) is 0 Å². The van der Waals surface area contributed by atoms with E-state index in [-0.39, 0.29) is 24.3 Å². The van der Waals surface area contributed by atoms with Crippen LogP contribution in [0.4, 0.5) is 5.69 Å². The minimum absolute atomic E-state index is 0.0241. The minimum Gasteiger partial charge on any atom is -0.493 e. The average molecular weight is 398 g/mol. The topological polar surface area (TPSA) is 77.1 Å². The third kappa shape index (κ3) is 5.06. The second-order valence-electron chi connectivity index (χ2n) is 6.91. The number of carbonyl (C=O) groups is 2. The van der Waals surface area contributed by atoms with E-state index in [0.29, 0.717) is 42.5 Å². The fraction of sp³-hybridized carbons (Fsp3) is 0.364. The quantitative estimate of drug-likeness (QED) is 0.810. The largest absolute Gasteiger partial charge is 0.493 e. The third-order valence-corrected chi connectivity index (χ3v) is 4.86. The van der Waals surface area contributed by atoms with Crippen molar-refractivity contribution in [1.29, 1.82) is 0 Å². The molecule has 1 N–H and O–H groups in total. The number of benzene rings is 2. The summed E-state index contributed by atoms with van der Waals surface area (Å²) in [4.78, 5) is 26.8. The lowest BCUT2D eigenvalue weighted by atomic mass is 10.1. The second kappa shape index (κ2) is 9.43. The highest BCUT2D eigenvalue weighted by molar-refractivity contribution is 5.96. The van der Waals surface area contributed by atoms with E-state index in [0.717, 1.165) is 5.56 Å². The van der Waals surface area contributed by atoms with Gasteiger partial charge in [-0.15, -0.1) is 0 Å². The van der Waals surface area contributed by atoms with E-state index in [1.807, 2.05) is 17.9 Å². The molecule has 0 aromatic heterocycles. The van der Waals surface area contributed by atoms with Crippen molar-refractivity contribution in [2.75, 3.05) is 39.3 Å². The van der Waals surface area contributed by atoms with Gasteiger partial charge in [0, 0.05) is 17.8 Å². The van der Waals surface area contributed by atoms with Gasteiger partial charge in [-0.2, -0.15) is 0 Å². The summed E-state index contributed by atoms with van der Waals surface area (Å²) in [6.07, 6.45) is 0.201. The Hall–Kier alpha value is -3.06. The lowest BCUT2D eigenvalue weighted by Gasteiger charge is -2.33. The van der Waals surface area contributed by atoms with Gasteiger partial charge in [0.05, 0.1) is 39.9 Å². The van der Waals surface area contributed by atoms with Crippen LogP contribution in [0.5, 0.6) is 11.5 Å². The maximum Gasteiger partial charge on any atom is 0.254 e. The summed E-state index contributed by atoms with van der Waals surface area (Å²) >= 11 is 0. The van der Waals surface area contributed by atoms with E-state index in [4.69, 9.17) is 14.2 Å². The van der Waals surface area contributed by atoms with Gasteiger partial charge in [-0.1, -0.05) is 6.07 Å². The average Bonchev–Trinajstić information content (AvgIpc) is 2.74. The minimum atomic E-state index is -0.155. The first-order valence-electron chi connectivity index (χ1n) is 9.51. The first kappa shape index (κ1) is 20.7. The molecule has 1 unspecified atom stereocenters. The molecule has 1 atom stereocenters. The molecule has 1 aliphatic rings. The standard InChI is InChI=1S/C22H26N2O5/c1-15-14-29-11-10-24(15)22(26)17-5-7-18(8-6-17)23-21(25)13-16-4-9-19(27-2)20(12-16)28-3/h4-9,12,15H,10-11,13-14H2,1-3H3,(H,23,25). The van der Waals surface area contributed by atoms with Crippen molar-refractivity contribution in [3.8, 4) is 11.5 Å². The number of anilines is 1. The van der Waals surface area contributed by atoms with Crippen LogP contribution in [-0.4, -0.2) is 56.7 Å². The number of ether oxygens (including phenoxy) is 3. The van der Waals surface area contributed by atoms with E-state index in [1.54, 1.807) is 50.6 Å². The number of hydrogen-bond donors (Lipinski definition) is 1. The van der Waals surface area contributed by atoms with Crippen LogP contribution in [0, 0.1) is 0 Å². The summed E-state index contributed by atoms with van der Waals surface area (Å²) in [6.45, 7) is 3.67. The summed E-state index contributed by atoms with van der Waals surface area (Å²) in [5.74, 6) is 1.02. The number of methoxy groups -OCH3 is 2. The molecule has 2 aromatic rings. The Balaban J connectivity index is 1.60. The van der Waals surface area contributed by atoms with Crippen molar-refractivity contribution in [3.05, 3.63) is 53.6 Å². The van der Waals surface area contributed by atoms with Gasteiger partial charge in [0.1, 0.15) is 0 Å². The molecule has 0 spiro atoms. The van der Waals surface area contributed by atoms with Crippen molar-refractivity contribution >= 4 is 17.5 Å². The predicted molar refractivity (Wildman–Crippen MR) is 110 cm³/mol. The molecular weight excluding hydrogens is 372 g/mol. The molecule has 0 aliphatic carbocycles. The highest BCUT2D eigenvalue weighted by atomic mass is 16.5. The van der Waals surface area contributed by atoms with E-state index < -0.39 is 0 Å². The monoisotopic (exact) mass is 398 g/mol. The van der Waals surface area contributed by atoms with Crippen LogP contribution >= 0.6 is 0 Å². The fourth-order valence-electron chi connectivity index (χ4n) is 3.27. The van der Waals surface area contributed by atoms with Gasteiger partial charge in [0.15, 0.2) is 11.5 Å². The van der Waals surface area contributed by atoms with Crippen LogP contribution in [0.15, 0.2) is 42.5 Å². The lowest BCUT2D eigenvalue weighted by molar-refractivity contribution is -0.115. The Morgan fingerprint density at radius 1 is 1.10 bits per heavy atom. The van der Waals surface area contributed by atoms with Crippen molar-refractivity contribution in [2.45, 2.75) is 19.4 Å². The number of nitrogens with zero attached hydrogens (tertiary/aromatic N) is 1. The summed E-state index contributed by atoms with van der Waals surface area (Å²) in [7, 11) is 3.13. The molecule has 1 fully saturated rings. The van der Waals surface area contributed by atoms with Crippen molar-refractivity contribution in [2.24, 2.45) is 0 Å². The molecule has 0 radical (unpaired) electrons. The van der Waals surface area contributed by atoms with Gasteiger partial charge in [0.2, 0.25) is 5.91 Å². The first-order valence-corrected chi connectivity index (χ1v) is 9.51. The van der Waals surface area contributed by atoms with Crippen LogP contribution < -0.4 is 14.8 Å². The zero-order valence-corrected chi connectivity index (χ0v) is 16.9. The Kier molecular flexibility index (Phi) is 6.72. The molecule has 2 amide bonds. The summed E-state index contributed by atoms with van der Waals surface area (Å²) < 4.78 is 15.9. The predicted octanol–water partition coefficient (Wildman–Crippen LogP) is 2.75. The van der Waals surface area contributed by atoms with Crippen LogP contribution in [-0.2, 0) is 16.0 Å². The zero-order valence-electron chi connectivity index (χ0n) is 16.9. The van der Waals surface area contributed by atoms with Gasteiger partial charge in [-0.3, -0.25) is 9.59 Å². The van der Waals surface area contributed by atoms with Gasteiger partial charge in [-0.05, 0) is 48.9 Å². The number of morpholine rings is 1. The highest BCUT2D eigenvalue weighted by Gasteiger charge is 2.24. The molecule has 1 saturated heterocycles. The molecule has 2 aromatic carbocycles. The smallest absolute Gasteiger partial charge is 0.254 e.